The van der Waals surface area contributed by atoms with Crippen LogP contribution >= 0.6 is 58.0 Å². The van der Waals surface area contributed by atoms with E-state index in [0.29, 0.717) is 10.0 Å². The molecule has 8 heteroatoms. The van der Waals surface area contributed by atoms with E-state index in [4.69, 9.17) is 58.0 Å². The van der Waals surface area contributed by atoms with Crippen LogP contribution in [0, 0.1) is 0 Å². The van der Waals surface area contributed by atoms with Gasteiger partial charge in [0.05, 0.1) is 11.4 Å². The van der Waals surface area contributed by atoms with Crippen molar-refractivity contribution in [2.75, 3.05) is 16.1 Å². The van der Waals surface area contributed by atoms with Gasteiger partial charge in [0, 0.05) is 31.5 Å². The number of anilines is 4. The topological polar surface area (TPSA) is 32.3 Å². The zero-order valence-corrected chi connectivity index (χ0v) is 24.0. The van der Waals surface area contributed by atoms with Crippen LogP contribution < -0.4 is 10.2 Å². The van der Waals surface area contributed by atoms with Gasteiger partial charge in [-0.25, -0.2) is 0 Å². The first-order chi connectivity index (χ1) is 18.3. The fourth-order valence-corrected chi connectivity index (χ4v) is 5.77. The van der Waals surface area contributed by atoms with Crippen LogP contribution in [0.25, 0.3) is 0 Å². The Morgan fingerprint density at radius 1 is 0.605 bits per heavy atom. The fraction of sp³-hybridized carbons (Fsp3) is 0.167. The van der Waals surface area contributed by atoms with Gasteiger partial charge in [0.25, 0.3) is 0 Å². The first-order valence-corrected chi connectivity index (χ1v) is 14.2. The number of carbonyl (C=O) groups is 1. The number of benzene rings is 4. The number of hydrogen-bond donors (Lipinski definition) is 1. The van der Waals surface area contributed by atoms with E-state index >= 15 is 0 Å². The summed E-state index contributed by atoms with van der Waals surface area (Å²) in [5, 5.41) is 6.34. The molecule has 0 atom stereocenters. The van der Waals surface area contributed by atoms with Gasteiger partial charge in [-0.3, -0.25) is 9.69 Å². The van der Waals surface area contributed by atoms with Crippen LogP contribution in [0.2, 0.25) is 20.1 Å². The molecule has 2 heterocycles. The van der Waals surface area contributed by atoms with Crippen LogP contribution in [0.4, 0.5) is 22.7 Å². The molecule has 0 unspecified atom stereocenters. The Morgan fingerprint density at radius 2 is 0.974 bits per heavy atom. The zero-order valence-electron chi connectivity index (χ0n) is 20.2. The standard InChI is InChI=1S/C16H12Cl3NO.C14H11Cl2N/c17-9-16(21)20-14-5-3-12(18)7-10(14)1-2-11-8-13(19)4-6-15(11)20;15-11-3-5-13-9(7-11)1-2-10-8-12(16)4-6-14(10)17-13/h3-8H,1-2,9H2;3-8,17H,1-2H2. The molecule has 0 radical (unpaired) electrons. The Bertz CT molecular complexity index is 1420. The molecule has 4 aromatic carbocycles. The summed E-state index contributed by atoms with van der Waals surface area (Å²) in [5.41, 5.74) is 8.53. The van der Waals surface area contributed by atoms with Crippen molar-refractivity contribution in [2.24, 2.45) is 0 Å². The van der Waals surface area contributed by atoms with Gasteiger partial charge in [0.15, 0.2) is 0 Å². The first kappa shape index (κ1) is 27.2. The molecule has 0 fully saturated rings. The van der Waals surface area contributed by atoms with Gasteiger partial charge < -0.3 is 5.32 Å². The summed E-state index contributed by atoms with van der Waals surface area (Å²) in [5.74, 6) is -0.241. The second-order valence-corrected chi connectivity index (χ2v) is 11.1. The molecule has 0 saturated carbocycles. The summed E-state index contributed by atoms with van der Waals surface area (Å²) in [7, 11) is 0. The molecule has 6 rings (SSSR count). The second-order valence-electron chi connectivity index (χ2n) is 9.14. The Kier molecular flexibility index (Phi) is 8.42. The van der Waals surface area contributed by atoms with E-state index in [-0.39, 0.29) is 11.8 Å². The van der Waals surface area contributed by atoms with E-state index in [0.717, 1.165) is 69.6 Å². The van der Waals surface area contributed by atoms with Crippen molar-refractivity contribution >= 4 is 86.7 Å². The molecule has 4 aromatic rings. The van der Waals surface area contributed by atoms with Crippen molar-refractivity contribution in [3.63, 3.8) is 0 Å². The number of fused-ring (bicyclic) bond motifs is 4. The molecular weight excluding hydrogens is 582 g/mol. The molecule has 38 heavy (non-hydrogen) atoms. The lowest BCUT2D eigenvalue weighted by atomic mass is 10.0. The minimum Gasteiger partial charge on any atom is -0.355 e. The molecule has 2 aliphatic heterocycles. The summed E-state index contributed by atoms with van der Waals surface area (Å²) < 4.78 is 0. The Labute approximate surface area is 247 Å². The average Bonchev–Trinajstić information content (AvgIpc) is 3.17. The van der Waals surface area contributed by atoms with Crippen LogP contribution in [-0.4, -0.2) is 11.8 Å². The zero-order chi connectivity index (χ0) is 26.8. The lowest BCUT2D eigenvalue weighted by molar-refractivity contribution is -0.115. The summed E-state index contributed by atoms with van der Waals surface area (Å²) >= 11 is 30.0. The Balaban J connectivity index is 0.000000158. The van der Waals surface area contributed by atoms with E-state index in [1.807, 2.05) is 60.7 Å². The number of carbonyl (C=O) groups excluding carboxylic acids is 1. The minimum absolute atomic E-state index is 0.0792. The normalized spacial score (nSPS) is 13.3. The minimum atomic E-state index is -0.161. The number of amides is 1. The van der Waals surface area contributed by atoms with Crippen LogP contribution in [0.15, 0.2) is 72.8 Å². The van der Waals surface area contributed by atoms with Crippen molar-refractivity contribution in [3.8, 4) is 0 Å². The molecule has 3 nitrogen and oxygen atoms in total. The van der Waals surface area contributed by atoms with E-state index in [1.54, 1.807) is 17.0 Å². The summed E-state index contributed by atoms with van der Waals surface area (Å²) in [6, 6.07) is 23.0. The highest BCUT2D eigenvalue weighted by atomic mass is 35.5. The second kappa shape index (κ2) is 11.8. The molecule has 1 N–H and O–H groups in total. The predicted octanol–water partition coefficient (Wildman–Crippen LogP) is 9.83. The molecule has 0 spiro atoms. The van der Waals surface area contributed by atoms with Crippen LogP contribution in [0.3, 0.4) is 0 Å². The average molecular weight is 605 g/mol. The van der Waals surface area contributed by atoms with Crippen molar-refractivity contribution in [3.05, 3.63) is 115 Å². The van der Waals surface area contributed by atoms with Gasteiger partial charge in [-0.1, -0.05) is 46.4 Å². The fourth-order valence-electron chi connectivity index (χ4n) is 4.87. The highest BCUT2D eigenvalue weighted by Crippen LogP contribution is 2.38. The van der Waals surface area contributed by atoms with Crippen molar-refractivity contribution < 1.29 is 4.79 Å². The number of nitrogens with zero attached hydrogens (tertiary/aromatic N) is 1. The molecule has 0 aliphatic carbocycles. The van der Waals surface area contributed by atoms with Gasteiger partial charge in [0.1, 0.15) is 5.88 Å². The predicted molar refractivity (Wildman–Crippen MR) is 162 cm³/mol. The third-order valence-corrected chi connectivity index (χ3v) is 7.83. The van der Waals surface area contributed by atoms with Crippen molar-refractivity contribution in [1.82, 2.24) is 0 Å². The lowest BCUT2D eigenvalue weighted by Gasteiger charge is -2.24. The largest absolute Gasteiger partial charge is 0.355 e. The van der Waals surface area contributed by atoms with Crippen molar-refractivity contribution in [1.29, 1.82) is 0 Å². The molecule has 0 aromatic heterocycles. The number of rotatable bonds is 1. The molecule has 1 amide bonds. The van der Waals surface area contributed by atoms with Gasteiger partial charge in [-0.15, -0.1) is 11.6 Å². The Morgan fingerprint density at radius 3 is 1.39 bits per heavy atom. The number of alkyl halides is 1. The molecule has 194 valence electrons. The maximum Gasteiger partial charge on any atom is 0.246 e. The smallest absolute Gasteiger partial charge is 0.246 e. The number of aryl methyl sites for hydroxylation is 4. The Hall–Kier alpha value is -2.40. The number of hydrogen-bond acceptors (Lipinski definition) is 2. The maximum atomic E-state index is 12.3. The van der Waals surface area contributed by atoms with Crippen LogP contribution in [-0.2, 0) is 30.5 Å². The van der Waals surface area contributed by atoms with E-state index < -0.39 is 0 Å². The third-order valence-electron chi connectivity index (χ3n) is 6.66. The molecule has 0 saturated heterocycles. The summed E-state index contributed by atoms with van der Waals surface area (Å²) in [6.45, 7) is 0. The highest BCUT2D eigenvalue weighted by Gasteiger charge is 2.25. The molecule has 0 bridgehead atoms. The monoisotopic (exact) mass is 602 g/mol. The van der Waals surface area contributed by atoms with Gasteiger partial charge in [0.2, 0.25) is 5.91 Å². The van der Waals surface area contributed by atoms with Gasteiger partial charge >= 0.3 is 0 Å². The van der Waals surface area contributed by atoms with E-state index in [2.05, 4.69) is 5.32 Å². The third kappa shape index (κ3) is 5.93. The summed E-state index contributed by atoms with van der Waals surface area (Å²) in [4.78, 5) is 14.0. The van der Waals surface area contributed by atoms with E-state index in [1.165, 1.54) is 11.1 Å². The van der Waals surface area contributed by atoms with Crippen LogP contribution in [0.1, 0.15) is 22.3 Å². The maximum absolute atomic E-state index is 12.3. The lowest BCUT2D eigenvalue weighted by Crippen LogP contribution is -2.27. The SMILES string of the molecule is Clc1ccc2c(c1)CCc1cc(Cl)ccc1N2.O=C(CCl)N1c2ccc(Cl)cc2CCc2cc(Cl)ccc21. The van der Waals surface area contributed by atoms with Gasteiger partial charge in [-0.2, -0.15) is 0 Å². The summed E-state index contributed by atoms with van der Waals surface area (Å²) in [6.07, 6.45) is 3.57. The first-order valence-electron chi connectivity index (χ1n) is 12.1. The number of halogens is 5. The molecular formula is C30H23Cl5N2O. The quantitative estimate of drug-likeness (QED) is 0.219. The van der Waals surface area contributed by atoms with Gasteiger partial charge in [-0.05, 0) is 121 Å². The highest BCUT2D eigenvalue weighted by molar-refractivity contribution is 6.32. The molecule has 2 aliphatic rings. The van der Waals surface area contributed by atoms with Crippen molar-refractivity contribution in [2.45, 2.75) is 25.7 Å². The van der Waals surface area contributed by atoms with Crippen LogP contribution in [0.5, 0.6) is 0 Å². The van der Waals surface area contributed by atoms with E-state index in [9.17, 15) is 4.79 Å². The number of nitrogens with one attached hydrogen (secondary N) is 1.